The third kappa shape index (κ3) is 9.90. The second-order valence-electron chi connectivity index (χ2n) is 15.5. The minimum absolute atomic E-state index is 0.00787. The normalized spacial score (nSPS) is 11.2. The first kappa shape index (κ1) is 42.8. The maximum Gasteiger partial charge on any atom is 0.245 e. The van der Waals surface area contributed by atoms with E-state index in [1.165, 1.54) is 6.33 Å². The molecule has 5 aromatic carbocycles. The smallest absolute Gasteiger partial charge is 0.245 e. The van der Waals surface area contributed by atoms with E-state index in [1.54, 1.807) is 0 Å². The first-order chi connectivity index (χ1) is 31.0. The molecular formula is C47H49N13O3S+2. The van der Waals surface area contributed by atoms with Gasteiger partial charge in [0.05, 0.1) is 6.33 Å². The zero-order valence-corrected chi connectivity index (χ0v) is 35.8. The fraction of sp³-hybridized carbons (Fsp3) is 0.170. The number of benzene rings is 5. The number of H-pyrrole nitrogens is 1. The molecule has 0 spiro atoms. The van der Waals surface area contributed by atoms with E-state index in [0.717, 1.165) is 54.7 Å². The molecule has 4 heterocycles. The number of rotatable bonds is 13. The fourth-order valence-electron chi connectivity index (χ4n) is 7.71. The summed E-state index contributed by atoms with van der Waals surface area (Å²) >= 11 is 3.78. The van der Waals surface area contributed by atoms with Crippen molar-refractivity contribution in [3.05, 3.63) is 127 Å². The Bertz CT molecular complexity index is 3060. The van der Waals surface area contributed by atoms with Crippen LogP contribution < -0.4 is 52.6 Å². The van der Waals surface area contributed by atoms with Crippen LogP contribution in [0.15, 0.2) is 116 Å². The highest BCUT2D eigenvalue weighted by Crippen LogP contribution is 2.25. The molecule has 0 bridgehead atoms. The average Bonchev–Trinajstić information content (AvgIpc) is 3.77. The summed E-state index contributed by atoms with van der Waals surface area (Å²) in [7, 11) is 0. The Morgan fingerprint density at radius 3 is 1.56 bits per heavy atom. The van der Waals surface area contributed by atoms with E-state index in [9.17, 15) is 9.59 Å². The highest BCUT2D eigenvalue weighted by molar-refractivity contribution is 7.78. The first-order valence-corrected chi connectivity index (χ1v) is 21.2. The highest BCUT2D eigenvalue weighted by atomic mass is 32.1. The van der Waals surface area contributed by atoms with E-state index in [-0.39, 0.29) is 17.8 Å². The third-order valence-corrected chi connectivity index (χ3v) is 11.1. The highest BCUT2D eigenvalue weighted by Gasteiger charge is 2.19. The van der Waals surface area contributed by atoms with Gasteiger partial charge in [0.15, 0.2) is 5.65 Å². The molecular weight excluding hydrogens is 827 g/mol. The van der Waals surface area contributed by atoms with Crippen LogP contribution in [0, 0.1) is 0 Å². The standard InChI is InChI=1S/C30H29N9O2.C17H18N4OS/c31-22-9-7-20-12-21-8-10-23(32)14-25(21)39(24(20)13-22)11-1-2-26(40)34-15-18-3-5-19(6-4-18)16-41-29-27-28(36-17-35-27)37-30(33)38-29;18-13-5-3-11-8-12-4-6-14(19)10-16(12)21(15(11)9-13)7-1-2-17(22)20-23/h3-10,12-14,17H,1-2,11,15-16H2,(H7,31,32,33,34,35,36,37,38,40);3-6,8-10H,1-2,7H2,(H5,18,19,20,22,23)/p+2. The van der Waals surface area contributed by atoms with E-state index < -0.39 is 0 Å². The van der Waals surface area contributed by atoms with Crippen molar-refractivity contribution in [3.63, 3.8) is 0 Å². The SMILES string of the molecule is Nc1ccc2cc3ccc(N)cc3[n+](CCCC(=O)NCc3ccc(COc4nc(N)nc5nc[nH]c45)cc3)c2c1.Nc1ccc2cc3ccc(N)cc3[n+](CCCC(=O)NS)c2c1. The minimum Gasteiger partial charge on any atom is -0.471 e. The predicted octanol–water partition coefficient (Wildman–Crippen LogP) is 5.56. The molecule has 17 heteroatoms. The van der Waals surface area contributed by atoms with Crippen LogP contribution in [-0.2, 0) is 35.8 Å². The average molecular weight is 876 g/mol. The van der Waals surface area contributed by atoms with Gasteiger partial charge in [-0.3, -0.25) is 9.59 Å². The zero-order valence-electron chi connectivity index (χ0n) is 34.9. The van der Waals surface area contributed by atoms with Gasteiger partial charge in [0.1, 0.15) is 25.2 Å². The number of fused-ring (bicyclic) bond motifs is 5. The first-order valence-electron chi connectivity index (χ1n) is 20.7. The van der Waals surface area contributed by atoms with Crippen molar-refractivity contribution >= 4 is 108 Å². The van der Waals surface area contributed by atoms with Crippen LogP contribution in [0.4, 0.5) is 28.7 Å². The lowest BCUT2D eigenvalue weighted by molar-refractivity contribution is -0.645. The van der Waals surface area contributed by atoms with Crippen molar-refractivity contribution in [2.24, 2.45) is 0 Å². The summed E-state index contributed by atoms with van der Waals surface area (Å²) in [5.74, 6) is 0.357. The largest absolute Gasteiger partial charge is 0.471 e. The van der Waals surface area contributed by atoms with Gasteiger partial charge in [-0.05, 0) is 71.8 Å². The molecule has 0 saturated carbocycles. The predicted molar refractivity (Wildman–Crippen MR) is 255 cm³/mol. The third-order valence-electron chi connectivity index (χ3n) is 10.9. The number of aryl methyl sites for hydroxylation is 2. The number of anilines is 5. The molecule has 16 nitrogen and oxygen atoms in total. The molecule has 0 atom stereocenters. The van der Waals surface area contributed by atoms with E-state index in [1.807, 2.05) is 97.1 Å². The van der Waals surface area contributed by atoms with Crippen LogP contribution in [0.2, 0.25) is 0 Å². The van der Waals surface area contributed by atoms with Gasteiger partial charge < -0.3 is 48.4 Å². The van der Waals surface area contributed by atoms with E-state index >= 15 is 0 Å². The van der Waals surface area contributed by atoms with Gasteiger partial charge in [0.25, 0.3) is 0 Å². The number of thiol groups is 1. The lowest BCUT2D eigenvalue weighted by Crippen LogP contribution is -2.36. The topological polar surface area (TPSA) is 260 Å². The molecule has 324 valence electrons. The van der Waals surface area contributed by atoms with Gasteiger partial charge in [-0.15, -0.1) is 0 Å². The number of amides is 2. The Labute approximate surface area is 373 Å². The van der Waals surface area contributed by atoms with Gasteiger partial charge in [-0.2, -0.15) is 19.1 Å². The fourth-order valence-corrected chi connectivity index (χ4v) is 7.83. The number of carbonyl (C=O) groups is 2. The number of hydrogen-bond acceptors (Lipinski definition) is 12. The number of imidazole rings is 1. The number of ether oxygens (including phenoxy) is 1. The summed E-state index contributed by atoms with van der Waals surface area (Å²) in [6.45, 7) is 2.09. The van der Waals surface area contributed by atoms with E-state index in [2.05, 4.69) is 64.1 Å². The summed E-state index contributed by atoms with van der Waals surface area (Å²) < 4.78 is 12.6. The summed E-state index contributed by atoms with van der Waals surface area (Å²) in [6.07, 6.45) is 3.70. The lowest BCUT2D eigenvalue weighted by atomic mass is 10.1. The maximum absolute atomic E-state index is 12.7. The van der Waals surface area contributed by atoms with Crippen LogP contribution >= 0.6 is 12.8 Å². The Kier molecular flexibility index (Phi) is 12.7. The Morgan fingerprint density at radius 2 is 1.08 bits per heavy atom. The number of aromatic amines is 1. The van der Waals surface area contributed by atoms with Gasteiger partial charge >= 0.3 is 0 Å². The maximum atomic E-state index is 12.7. The molecule has 0 fully saturated rings. The molecule has 9 aromatic rings. The van der Waals surface area contributed by atoms with Crippen molar-refractivity contribution in [1.29, 1.82) is 0 Å². The van der Waals surface area contributed by atoms with Gasteiger partial charge in [-0.25, -0.2) is 4.98 Å². The van der Waals surface area contributed by atoms with E-state index in [4.69, 9.17) is 33.4 Å². The zero-order chi connectivity index (χ0) is 44.7. The van der Waals surface area contributed by atoms with Crippen molar-refractivity contribution < 1.29 is 23.5 Å². The minimum atomic E-state index is -0.0856. The molecule has 9 rings (SSSR count). The second kappa shape index (κ2) is 19.0. The summed E-state index contributed by atoms with van der Waals surface area (Å²) in [6, 6.07) is 35.6. The van der Waals surface area contributed by atoms with Gasteiger partial charge in [0, 0.05) is 101 Å². The lowest BCUT2D eigenvalue weighted by Gasteiger charge is -2.09. The molecule has 64 heavy (non-hydrogen) atoms. The summed E-state index contributed by atoms with van der Waals surface area (Å²) in [5, 5.41) is 7.41. The molecule has 0 aliphatic heterocycles. The number of nitrogens with two attached hydrogens (primary N) is 5. The molecule has 4 aromatic heterocycles. The number of aromatic nitrogens is 6. The number of nitrogens with one attached hydrogen (secondary N) is 3. The van der Waals surface area contributed by atoms with Crippen molar-refractivity contribution in [3.8, 4) is 5.88 Å². The summed E-state index contributed by atoms with van der Waals surface area (Å²) in [4.78, 5) is 39.3. The van der Waals surface area contributed by atoms with Gasteiger partial charge in [0.2, 0.25) is 45.7 Å². The molecule has 13 N–H and O–H groups in total. The quantitative estimate of drug-likeness (QED) is 0.0300. The molecule has 0 aliphatic rings. The Morgan fingerprint density at radius 1 is 0.609 bits per heavy atom. The van der Waals surface area contributed by atoms with Crippen LogP contribution in [0.5, 0.6) is 5.88 Å². The Hall–Kier alpha value is -7.92. The van der Waals surface area contributed by atoms with Crippen LogP contribution in [0.3, 0.4) is 0 Å². The van der Waals surface area contributed by atoms with Gasteiger partial charge in [-0.1, -0.05) is 37.1 Å². The van der Waals surface area contributed by atoms with Crippen LogP contribution in [0.1, 0.15) is 36.8 Å². The summed E-state index contributed by atoms with van der Waals surface area (Å²) in [5.41, 5.74) is 39.7. The number of carbonyl (C=O) groups excluding carboxylic acids is 2. The molecule has 0 aliphatic carbocycles. The van der Waals surface area contributed by atoms with Crippen molar-refractivity contribution in [2.45, 2.75) is 51.9 Å². The van der Waals surface area contributed by atoms with E-state index in [0.29, 0.717) is 91.7 Å². The van der Waals surface area contributed by atoms with Crippen LogP contribution in [-0.4, -0.2) is 31.8 Å². The number of nitrogen functional groups attached to an aromatic ring is 5. The molecule has 0 unspecified atom stereocenters. The molecule has 0 saturated heterocycles. The number of pyridine rings is 2. The van der Waals surface area contributed by atoms with Crippen molar-refractivity contribution in [1.82, 2.24) is 30.0 Å². The van der Waals surface area contributed by atoms with Crippen LogP contribution in [0.25, 0.3) is 54.8 Å². The van der Waals surface area contributed by atoms with Crippen molar-refractivity contribution in [2.75, 3.05) is 28.7 Å². The Balaban J connectivity index is 0.000000206. The second-order valence-corrected chi connectivity index (χ2v) is 15.7. The monoisotopic (exact) mass is 875 g/mol. The number of nitrogens with zero attached hydrogens (tertiary/aromatic N) is 5. The number of hydrogen-bond donors (Lipinski definition) is 9. The molecule has 0 radical (unpaired) electrons. The molecule has 2 amide bonds.